The molecular weight excluding hydrogens is 285 g/mol. The van der Waals surface area contributed by atoms with Crippen LogP contribution in [0.25, 0.3) is 11.3 Å². The van der Waals surface area contributed by atoms with E-state index in [9.17, 15) is 14.0 Å². The summed E-state index contributed by atoms with van der Waals surface area (Å²) in [6.07, 6.45) is 1.42. The Kier molecular flexibility index (Phi) is 4.83. The second-order valence-corrected chi connectivity index (χ2v) is 4.91. The van der Waals surface area contributed by atoms with Crippen molar-refractivity contribution in [2.24, 2.45) is 0 Å². The van der Waals surface area contributed by atoms with Gasteiger partial charge in [-0.2, -0.15) is 0 Å². The number of carbonyl (C=O) groups is 2. The van der Waals surface area contributed by atoms with E-state index in [1.807, 2.05) is 0 Å². The third kappa shape index (κ3) is 3.88. The number of halogens is 1. The Morgan fingerprint density at radius 2 is 1.82 bits per heavy atom. The summed E-state index contributed by atoms with van der Waals surface area (Å²) in [5, 5.41) is 2.53. The molecule has 22 heavy (non-hydrogen) atoms. The molecule has 0 saturated heterocycles. The number of aromatic nitrogens is 1. The maximum Gasteiger partial charge on any atom is 0.253 e. The Hall–Kier alpha value is -2.76. The van der Waals surface area contributed by atoms with E-state index in [2.05, 4.69) is 10.3 Å². The highest BCUT2D eigenvalue weighted by Crippen LogP contribution is 2.17. The predicted molar refractivity (Wildman–Crippen MR) is 80.7 cm³/mol. The molecule has 0 unspecified atom stereocenters. The summed E-state index contributed by atoms with van der Waals surface area (Å²) in [5.74, 6) is -0.872. The fourth-order valence-corrected chi connectivity index (χ4v) is 1.74. The molecule has 0 fully saturated rings. The minimum atomic E-state index is -0.367. The van der Waals surface area contributed by atoms with Gasteiger partial charge in [-0.15, -0.1) is 0 Å². The van der Waals surface area contributed by atoms with Gasteiger partial charge in [-0.25, -0.2) is 4.39 Å². The average molecular weight is 301 g/mol. The third-order valence-corrected chi connectivity index (χ3v) is 3.06. The Labute approximate surface area is 127 Å². The Balaban J connectivity index is 2.03. The number of hydrogen-bond acceptors (Lipinski definition) is 3. The first-order valence-corrected chi connectivity index (χ1v) is 6.67. The molecule has 1 aromatic heterocycles. The summed E-state index contributed by atoms with van der Waals surface area (Å²) in [4.78, 5) is 28.9. The van der Waals surface area contributed by atoms with Crippen molar-refractivity contribution >= 4 is 11.8 Å². The number of nitrogens with zero attached hydrogens (tertiary/aromatic N) is 2. The number of likely N-dealkylation sites (N-methyl/N-ethyl adjacent to an activating group) is 1. The molecule has 0 radical (unpaired) electrons. The van der Waals surface area contributed by atoms with Crippen molar-refractivity contribution in [3.05, 3.63) is 54.0 Å². The smallest absolute Gasteiger partial charge is 0.253 e. The van der Waals surface area contributed by atoms with Crippen LogP contribution in [0.4, 0.5) is 4.39 Å². The Morgan fingerprint density at radius 1 is 1.14 bits per heavy atom. The zero-order valence-electron chi connectivity index (χ0n) is 12.3. The van der Waals surface area contributed by atoms with Crippen LogP contribution in [0.3, 0.4) is 0 Å². The second-order valence-electron chi connectivity index (χ2n) is 4.91. The molecule has 0 aliphatic heterocycles. The lowest BCUT2D eigenvalue weighted by atomic mass is 10.1. The average Bonchev–Trinajstić information content (AvgIpc) is 2.53. The molecule has 1 heterocycles. The SMILES string of the molecule is CN(C)C(=O)CNC(=O)c1ccc(-c2ccc(F)cc2)nc1. The molecule has 1 N–H and O–H groups in total. The van der Waals surface area contributed by atoms with Gasteiger partial charge in [-0.1, -0.05) is 0 Å². The first-order chi connectivity index (χ1) is 10.5. The molecule has 2 amide bonds. The van der Waals surface area contributed by atoms with Crippen molar-refractivity contribution in [3.63, 3.8) is 0 Å². The fourth-order valence-electron chi connectivity index (χ4n) is 1.74. The van der Waals surface area contributed by atoms with Gasteiger partial charge in [0.25, 0.3) is 5.91 Å². The van der Waals surface area contributed by atoms with Crippen LogP contribution in [0, 0.1) is 5.82 Å². The van der Waals surface area contributed by atoms with E-state index < -0.39 is 0 Å². The number of amides is 2. The van der Waals surface area contributed by atoms with E-state index in [4.69, 9.17) is 0 Å². The maximum absolute atomic E-state index is 12.9. The Bertz CT molecular complexity index is 667. The van der Waals surface area contributed by atoms with Crippen molar-refractivity contribution < 1.29 is 14.0 Å². The van der Waals surface area contributed by atoms with E-state index >= 15 is 0 Å². The van der Waals surface area contributed by atoms with E-state index in [1.165, 1.54) is 23.2 Å². The van der Waals surface area contributed by atoms with Crippen molar-refractivity contribution in [3.8, 4) is 11.3 Å². The molecule has 114 valence electrons. The maximum atomic E-state index is 12.9. The van der Waals surface area contributed by atoms with E-state index in [-0.39, 0.29) is 24.2 Å². The minimum absolute atomic E-state index is 0.0639. The molecule has 6 heteroatoms. The van der Waals surface area contributed by atoms with Gasteiger partial charge in [-0.05, 0) is 36.4 Å². The molecule has 2 rings (SSSR count). The largest absolute Gasteiger partial charge is 0.347 e. The normalized spacial score (nSPS) is 10.1. The predicted octanol–water partition coefficient (Wildman–Crippen LogP) is 1.71. The zero-order valence-corrected chi connectivity index (χ0v) is 12.3. The van der Waals surface area contributed by atoms with Crippen LogP contribution >= 0.6 is 0 Å². The van der Waals surface area contributed by atoms with Crippen LogP contribution in [-0.2, 0) is 4.79 Å². The molecule has 0 saturated carbocycles. The van der Waals surface area contributed by atoms with Crippen LogP contribution in [-0.4, -0.2) is 42.3 Å². The highest BCUT2D eigenvalue weighted by atomic mass is 19.1. The minimum Gasteiger partial charge on any atom is -0.347 e. The number of benzene rings is 1. The summed E-state index contributed by atoms with van der Waals surface area (Å²) >= 11 is 0. The van der Waals surface area contributed by atoms with Gasteiger partial charge in [0.2, 0.25) is 5.91 Å². The summed E-state index contributed by atoms with van der Waals surface area (Å²) < 4.78 is 12.9. The van der Waals surface area contributed by atoms with Crippen molar-refractivity contribution in [1.82, 2.24) is 15.2 Å². The van der Waals surface area contributed by atoms with Gasteiger partial charge < -0.3 is 10.2 Å². The second kappa shape index (κ2) is 6.80. The topological polar surface area (TPSA) is 62.3 Å². The van der Waals surface area contributed by atoms with E-state index in [0.29, 0.717) is 11.3 Å². The molecular formula is C16H16FN3O2. The zero-order chi connectivity index (χ0) is 16.1. The van der Waals surface area contributed by atoms with Gasteiger partial charge in [0.15, 0.2) is 0 Å². The molecule has 2 aromatic rings. The van der Waals surface area contributed by atoms with Crippen molar-refractivity contribution in [1.29, 1.82) is 0 Å². The highest BCUT2D eigenvalue weighted by Gasteiger charge is 2.10. The highest BCUT2D eigenvalue weighted by molar-refractivity contribution is 5.96. The monoisotopic (exact) mass is 301 g/mol. The van der Waals surface area contributed by atoms with Gasteiger partial charge in [0, 0.05) is 25.9 Å². The lowest BCUT2D eigenvalue weighted by Gasteiger charge is -2.11. The van der Waals surface area contributed by atoms with Gasteiger partial charge >= 0.3 is 0 Å². The number of rotatable bonds is 4. The molecule has 1 aromatic carbocycles. The molecule has 0 aliphatic rings. The van der Waals surface area contributed by atoms with Gasteiger partial charge in [-0.3, -0.25) is 14.6 Å². The molecule has 0 spiro atoms. The van der Waals surface area contributed by atoms with Crippen LogP contribution in [0.1, 0.15) is 10.4 Å². The quantitative estimate of drug-likeness (QED) is 0.935. The summed E-state index contributed by atoms with van der Waals surface area (Å²) in [5.41, 5.74) is 1.76. The number of nitrogens with one attached hydrogen (secondary N) is 1. The number of carbonyl (C=O) groups excluding carboxylic acids is 2. The first-order valence-electron chi connectivity index (χ1n) is 6.67. The van der Waals surface area contributed by atoms with E-state index in [0.717, 1.165) is 5.56 Å². The molecule has 0 aliphatic carbocycles. The lowest BCUT2D eigenvalue weighted by molar-refractivity contribution is -0.127. The van der Waals surface area contributed by atoms with E-state index in [1.54, 1.807) is 38.4 Å². The molecule has 0 bridgehead atoms. The van der Waals surface area contributed by atoms with Crippen LogP contribution in [0.15, 0.2) is 42.6 Å². The van der Waals surface area contributed by atoms with Crippen molar-refractivity contribution in [2.45, 2.75) is 0 Å². The summed E-state index contributed by atoms with van der Waals surface area (Å²) in [6, 6.07) is 9.23. The van der Waals surface area contributed by atoms with Gasteiger partial charge in [0.05, 0.1) is 17.8 Å². The third-order valence-electron chi connectivity index (χ3n) is 3.06. The Morgan fingerprint density at radius 3 is 2.36 bits per heavy atom. The molecule has 0 atom stereocenters. The summed E-state index contributed by atoms with van der Waals surface area (Å²) in [6.45, 7) is -0.0639. The summed E-state index contributed by atoms with van der Waals surface area (Å²) in [7, 11) is 3.24. The standard InChI is InChI=1S/C16H16FN3O2/c1-20(2)15(21)10-19-16(22)12-5-8-14(18-9-12)11-3-6-13(17)7-4-11/h3-9H,10H2,1-2H3,(H,19,22). The first kappa shape index (κ1) is 15.6. The fraction of sp³-hybridized carbons (Fsp3) is 0.188. The number of pyridine rings is 1. The molecule has 5 nitrogen and oxygen atoms in total. The van der Waals surface area contributed by atoms with Crippen molar-refractivity contribution in [2.75, 3.05) is 20.6 Å². The van der Waals surface area contributed by atoms with Crippen LogP contribution < -0.4 is 5.32 Å². The lowest BCUT2D eigenvalue weighted by Crippen LogP contribution is -2.36. The van der Waals surface area contributed by atoms with Crippen LogP contribution in [0.5, 0.6) is 0 Å². The van der Waals surface area contributed by atoms with Crippen LogP contribution in [0.2, 0.25) is 0 Å². The number of hydrogen-bond donors (Lipinski definition) is 1. The van der Waals surface area contributed by atoms with Gasteiger partial charge in [0.1, 0.15) is 5.82 Å².